The molecule has 0 fully saturated rings. The van der Waals surface area contributed by atoms with Crippen molar-refractivity contribution in [3.63, 3.8) is 0 Å². The largest absolute Gasteiger partial charge is 0.455 e. The minimum absolute atomic E-state index is 0.0224. The van der Waals surface area contributed by atoms with Crippen LogP contribution in [0.2, 0.25) is 10.0 Å². The van der Waals surface area contributed by atoms with Crippen molar-refractivity contribution in [2.75, 3.05) is 13.2 Å². The number of amides is 1. The maximum absolute atomic E-state index is 11.8. The summed E-state index contributed by atoms with van der Waals surface area (Å²) in [6.07, 6.45) is 0.453. The van der Waals surface area contributed by atoms with Crippen molar-refractivity contribution in [3.05, 3.63) is 63.6 Å². The molecule has 2 aromatic rings. The van der Waals surface area contributed by atoms with Crippen molar-refractivity contribution < 1.29 is 22.7 Å². The molecule has 10 heteroatoms. The fourth-order valence-electron chi connectivity index (χ4n) is 2.26. The number of halogens is 2. The van der Waals surface area contributed by atoms with E-state index in [9.17, 15) is 18.0 Å². The average molecular weight is 445 g/mol. The number of rotatable bonds is 8. The zero-order valence-corrected chi connectivity index (χ0v) is 17.0. The van der Waals surface area contributed by atoms with Crippen LogP contribution in [0.25, 0.3) is 0 Å². The van der Waals surface area contributed by atoms with Gasteiger partial charge in [-0.3, -0.25) is 9.59 Å². The van der Waals surface area contributed by atoms with E-state index in [1.807, 2.05) is 0 Å². The molecule has 2 rings (SSSR count). The molecule has 0 aliphatic heterocycles. The quantitative estimate of drug-likeness (QED) is 0.604. The first-order valence-electron chi connectivity index (χ1n) is 8.13. The fourth-order valence-corrected chi connectivity index (χ4v) is 3.09. The molecule has 0 aliphatic rings. The number of benzene rings is 2. The highest BCUT2D eigenvalue weighted by atomic mass is 35.5. The fraction of sp³-hybridized carbons (Fsp3) is 0.222. The van der Waals surface area contributed by atoms with Gasteiger partial charge in [0.1, 0.15) is 0 Å². The van der Waals surface area contributed by atoms with Crippen molar-refractivity contribution in [1.29, 1.82) is 0 Å². The van der Waals surface area contributed by atoms with Gasteiger partial charge in [0, 0.05) is 6.54 Å². The molecule has 0 unspecified atom stereocenters. The van der Waals surface area contributed by atoms with Gasteiger partial charge in [-0.2, -0.15) is 0 Å². The van der Waals surface area contributed by atoms with Crippen molar-refractivity contribution in [2.24, 2.45) is 5.14 Å². The van der Waals surface area contributed by atoms with E-state index in [0.717, 1.165) is 5.56 Å². The summed E-state index contributed by atoms with van der Waals surface area (Å²) in [7, 11) is -3.73. The van der Waals surface area contributed by atoms with Crippen LogP contribution in [0.4, 0.5) is 0 Å². The average Bonchev–Trinajstić information content (AvgIpc) is 2.63. The number of ether oxygens (including phenoxy) is 1. The van der Waals surface area contributed by atoms with Crippen molar-refractivity contribution in [1.82, 2.24) is 5.32 Å². The summed E-state index contributed by atoms with van der Waals surface area (Å²) in [5.41, 5.74) is 1.45. The van der Waals surface area contributed by atoms with E-state index in [0.29, 0.717) is 28.6 Å². The van der Waals surface area contributed by atoms with Crippen LogP contribution in [0.1, 0.15) is 11.1 Å². The lowest BCUT2D eigenvalue weighted by molar-refractivity contribution is -0.147. The molecule has 0 radical (unpaired) electrons. The van der Waals surface area contributed by atoms with E-state index < -0.39 is 28.5 Å². The third kappa shape index (κ3) is 7.12. The molecular formula is C18H18Cl2N2O5S. The van der Waals surface area contributed by atoms with E-state index >= 15 is 0 Å². The number of nitrogens with one attached hydrogen (secondary N) is 1. The predicted octanol–water partition coefficient (Wildman–Crippen LogP) is 2.09. The Morgan fingerprint density at radius 2 is 1.64 bits per heavy atom. The Labute approximate surface area is 172 Å². The van der Waals surface area contributed by atoms with Crippen LogP contribution in [0.3, 0.4) is 0 Å². The number of sulfonamides is 1. The molecule has 0 saturated heterocycles. The van der Waals surface area contributed by atoms with Gasteiger partial charge in [-0.1, -0.05) is 41.4 Å². The first-order valence-corrected chi connectivity index (χ1v) is 10.4. The Bertz CT molecular complexity index is 962. The molecule has 0 spiro atoms. The Balaban J connectivity index is 1.70. The Kier molecular flexibility index (Phi) is 7.82. The second kappa shape index (κ2) is 9.88. The molecule has 0 aliphatic carbocycles. The van der Waals surface area contributed by atoms with Crippen LogP contribution >= 0.6 is 23.2 Å². The summed E-state index contributed by atoms with van der Waals surface area (Å²) in [4.78, 5) is 23.6. The van der Waals surface area contributed by atoms with Crippen LogP contribution in [0.15, 0.2) is 47.4 Å². The van der Waals surface area contributed by atoms with Crippen molar-refractivity contribution in [2.45, 2.75) is 17.7 Å². The van der Waals surface area contributed by atoms with Crippen LogP contribution in [-0.2, 0) is 37.2 Å². The standard InChI is InChI=1S/C18H18Cl2N2O5S/c19-15-6-3-13(9-16(15)20)10-18(24)27-11-17(23)22-8-7-12-1-4-14(5-2-12)28(21,25)26/h1-6,9H,7-8,10-11H2,(H,22,23)(H2,21,25,26). The smallest absolute Gasteiger partial charge is 0.310 e. The lowest BCUT2D eigenvalue weighted by Gasteiger charge is -2.08. The molecule has 0 aromatic heterocycles. The molecule has 0 atom stereocenters. The van der Waals surface area contributed by atoms with Gasteiger partial charge in [0.25, 0.3) is 5.91 Å². The lowest BCUT2D eigenvalue weighted by atomic mass is 10.1. The molecule has 0 saturated carbocycles. The third-order valence-corrected chi connectivity index (χ3v) is 5.35. The van der Waals surface area contributed by atoms with Gasteiger partial charge in [-0.25, -0.2) is 13.6 Å². The maximum Gasteiger partial charge on any atom is 0.310 e. The Morgan fingerprint density at radius 1 is 1.00 bits per heavy atom. The molecule has 7 nitrogen and oxygen atoms in total. The SMILES string of the molecule is NS(=O)(=O)c1ccc(CCNC(=O)COC(=O)Cc2ccc(Cl)c(Cl)c2)cc1. The molecule has 0 bridgehead atoms. The Hall–Kier alpha value is -2.13. The molecule has 28 heavy (non-hydrogen) atoms. The van der Waals surface area contributed by atoms with E-state index in [-0.39, 0.29) is 11.3 Å². The minimum Gasteiger partial charge on any atom is -0.455 e. The summed E-state index contributed by atoms with van der Waals surface area (Å²) in [5, 5.41) is 8.36. The molecule has 0 heterocycles. The number of carbonyl (C=O) groups is 2. The summed E-state index contributed by atoms with van der Waals surface area (Å²) in [5.74, 6) is -1.00. The summed E-state index contributed by atoms with van der Waals surface area (Å²) >= 11 is 11.7. The van der Waals surface area contributed by atoms with Gasteiger partial charge in [0.05, 0.1) is 21.4 Å². The monoisotopic (exact) mass is 444 g/mol. The minimum atomic E-state index is -3.73. The summed E-state index contributed by atoms with van der Waals surface area (Å²) in [6.45, 7) is -0.0948. The molecule has 3 N–H and O–H groups in total. The van der Waals surface area contributed by atoms with Crippen LogP contribution in [0, 0.1) is 0 Å². The number of primary sulfonamides is 1. The van der Waals surface area contributed by atoms with Crippen LogP contribution in [0.5, 0.6) is 0 Å². The predicted molar refractivity (Wildman–Crippen MR) is 106 cm³/mol. The molecular weight excluding hydrogens is 427 g/mol. The van der Waals surface area contributed by atoms with Gasteiger partial charge in [-0.15, -0.1) is 0 Å². The van der Waals surface area contributed by atoms with Gasteiger partial charge < -0.3 is 10.1 Å². The van der Waals surface area contributed by atoms with E-state index in [4.69, 9.17) is 33.1 Å². The van der Waals surface area contributed by atoms with Gasteiger partial charge in [0.2, 0.25) is 10.0 Å². The Morgan fingerprint density at radius 3 is 2.25 bits per heavy atom. The second-order valence-electron chi connectivity index (χ2n) is 5.87. The van der Waals surface area contributed by atoms with Crippen LogP contribution in [-0.4, -0.2) is 33.4 Å². The number of nitrogens with two attached hydrogens (primary N) is 1. The van der Waals surface area contributed by atoms with Crippen molar-refractivity contribution in [3.8, 4) is 0 Å². The zero-order chi connectivity index (χ0) is 20.7. The number of hydrogen-bond donors (Lipinski definition) is 2. The third-order valence-electron chi connectivity index (χ3n) is 3.68. The summed E-state index contributed by atoms with van der Waals surface area (Å²) in [6, 6.07) is 10.8. The first kappa shape index (κ1) is 22.2. The maximum atomic E-state index is 11.8. The number of hydrogen-bond acceptors (Lipinski definition) is 5. The van der Waals surface area contributed by atoms with E-state index in [1.165, 1.54) is 12.1 Å². The summed E-state index contributed by atoms with van der Waals surface area (Å²) < 4.78 is 27.3. The van der Waals surface area contributed by atoms with Gasteiger partial charge in [-0.05, 0) is 41.8 Å². The topological polar surface area (TPSA) is 116 Å². The first-order chi connectivity index (χ1) is 13.1. The van der Waals surface area contributed by atoms with E-state index in [2.05, 4.69) is 5.32 Å². The van der Waals surface area contributed by atoms with Crippen LogP contribution < -0.4 is 10.5 Å². The van der Waals surface area contributed by atoms with Gasteiger partial charge in [0.15, 0.2) is 6.61 Å². The van der Waals surface area contributed by atoms with E-state index in [1.54, 1.807) is 30.3 Å². The highest BCUT2D eigenvalue weighted by Crippen LogP contribution is 2.22. The molecule has 1 amide bonds. The molecule has 150 valence electrons. The normalized spacial score (nSPS) is 11.1. The van der Waals surface area contributed by atoms with Gasteiger partial charge >= 0.3 is 5.97 Å². The molecule has 2 aromatic carbocycles. The highest BCUT2D eigenvalue weighted by molar-refractivity contribution is 7.89. The number of carbonyl (C=O) groups excluding carboxylic acids is 2. The number of esters is 1. The zero-order valence-electron chi connectivity index (χ0n) is 14.7. The lowest BCUT2D eigenvalue weighted by Crippen LogP contribution is -2.30. The van der Waals surface area contributed by atoms with Crippen molar-refractivity contribution >= 4 is 45.1 Å². The highest BCUT2D eigenvalue weighted by Gasteiger charge is 2.10. The second-order valence-corrected chi connectivity index (χ2v) is 8.25.